The average Bonchev–Trinajstić information content (AvgIpc) is 3.25. The summed E-state index contributed by atoms with van der Waals surface area (Å²) in [6.45, 7) is 6.85. The molecule has 0 fully saturated rings. The van der Waals surface area contributed by atoms with Crippen LogP contribution in [0.2, 0.25) is 5.02 Å². The molecule has 0 saturated carbocycles. The standard InChI is InChI=1S/C19H21ClN4O2S/c1-4-24-17(15-9-10-26-12(15)2)22-23-19(24)27-13(3)18(25)21-11-14-7-5-6-8-16(14)20/h5-10,13H,4,11H2,1-3H3,(H,21,25)/t13-/m1/s1. The van der Waals surface area contributed by atoms with Gasteiger partial charge in [0.25, 0.3) is 0 Å². The van der Waals surface area contributed by atoms with Gasteiger partial charge in [0, 0.05) is 18.1 Å². The highest BCUT2D eigenvalue weighted by atomic mass is 35.5. The Hall–Kier alpha value is -2.25. The van der Waals surface area contributed by atoms with Gasteiger partial charge in [-0.1, -0.05) is 41.6 Å². The van der Waals surface area contributed by atoms with Gasteiger partial charge in [-0.3, -0.25) is 4.79 Å². The van der Waals surface area contributed by atoms with Gasteiger partial charge >= 0.3 is 0 Å². The zero-order chi connectivity index (χ0) is 19.4. The Bertz CT molecular complexity index is 937. The van der Waals surface area contributed by atoms with Crippen LogP contribution in [0.25, 0.3) is 11.4 Å². The maximum atomic E-state index is 12.5. The Labute approximate surface area is 167 Å². The fourth-order valence-electron chi connectivity index (χ4n) is 2.66. The summed E-state index contributed by atoms with van der Waals surface area (Å²) < 4.78 is 7.35. The Morgan fingerprint density at radius 1 is 1.33 bits per heavy atom. The topological polar surface area (TPSA) is 73.0 Å². The first-order chi connectivity index (χ1) is 13.0. The highest BCUT2D eigenvalue weighted by Crippen LogP contribution is 2.29. The van der Waals surface area contributed by atoms with Crippen LogP contribution in [0, 0.1) is 6.92 Å². The van der Waals surface area contributed by atoms with Crippen LogP contribution in [0.5, 0.6) is 0 Å². The fourth-order valence-corrected chi connectivity index (χ4v) is 3.80. The smallest absolute Gasteiger partial charge is 0.233 e. The third-order valence-electron chi connectivity index (χ3n) is 4.20. The van der Waals surface area contributed by atoms with Crippen LogP contribution < -0.4 is 5.32 Å². The van der Waals surface area contributed by atoms with E-state index in [1.54, 1.807) is 6.26 Å². The van der Waals surface area contributed by atoms with E-state index in [-0.39, 0.29) is 11.2 Å². The lowest BCUT2D eigenvalue weighted by Gasteiger charge is -2.13. The Kier molecular flexibility index (Phi) is 6.23. The molecule has 0 aliphatic rings. The second kappa shape index (κ2) is 8.63. The predicted octanol–water partition coefficient (Wildman–Crippen LogP) is 4.32. The van der Waals surface area contributed by atoms with Gasteiger partial charge in [0.1, 0.15) is 5.76 Å². The van der Waals surface area contributed by atoms with E-state index in [2.05, 4.69) is 15.5 Å². The van der Waals surface area contributed by atoms with Crippen molar-refractivity contribution in [1.82, 2.24) is 20.1 Å². The molecule has 0 saturated heterocycles. The average molecular weight is 405 g/mol. The van der Waals surface area contributed by atoms with E-state index in [4.69, 9.17) is 16.0 Å². The number of carbonyl (C=O) groups excluding carboxylic acids is 1. The van der Waals surface area contributed by atoms with Crippen LogP contribution in [0.4, 0.5) is 0 Å². The van der Waals surface area contributed by atoms with Gasteiger partial charge in [-0.05, 0) is 38.5 Å². The molecular formula is C19H21ClN4O2S. The minimum atomic E-state index is -0.319. The quantitative estimate of drug-likeness (QED) is 0.594. The van der Waals surface area contributed by atoms with E-state index in [9.17, 15) is 4.79 Å². The number of thioether (sulfide) groups is 1. The van der Waals surface area contributed by atoms with Crippen molar-refractivity contribution in [2.45, 2.75) is 44.3 Å². The molecule has 0 bridgehead atoms. The van der Waals surface area contributed by atoms with Gasteiger partial charge in [0.05, 0.1) is 17.1 Å². The van der Waals surface area contributed by atoms with E-state index in [1.807, 2.05) is 55.7 Å². The molecule has 0 unspecified atom stereocenters. The number of benzene rings is 1. The Balaban J connectivity index is 1.68. The van der Waals surface area contributed by atoms with Crippen molar-refractivity contribution < 1.29 is 9.21 Å². The number of aryl methyl sites for hydroxylation is 1. The maximum Gasteiger partial charge on any atom is 0.233 e. The molecule has 1 amide bonds. The monoisotopic (exact) mass is 404 g/mol. The molecule has 1 N–H and O–H groups in total. The number of furan rings is 1. The first kappa shape index (κ1) is 19.5. The van der Waals surface area contributed by atoms with Crippen LogP contribution >= 0.6 is 23.4 Å². The van der Waals surface area contributed by atoms with Gasteiger partial charge in [-0.15, -0.1) is 10.2 Å². The Morgan fingerprint density at radius 2 is 2.11 bits per heavy atom. The number of nitrogens with zero attached hydrogens (tertiary/aromatic N) is 3. The number of hydrogen-bond acceptors (Lipinski definition) is 5. The molecule has 0 radical (unpaired) electrons. The summed E-state index contributed by atoms with van der Waals surface area (Å²) in [5.41, 5.74) is 1.80. The number of carbonyl (C=O) groups is 1. The number of amides is 1. The highest BCUT2D eigenvalue weighted by Gasteiger charge is 2.21. The van der Waals surface area contributed by atoms with Gasteiger partial charge < -0.3 is 14.3 Å². The molecule has 142 valence electrons. The van der Waals surface area contributed by atoms with Crippen molar-refractivity contribution in [2.24, 2.45) is 0 Å². The molecule has 3 aromatic rings. The first-order valence-electron chi connectivity index (χ1n) is 8.66. The van der Waals surface area contributed by atoms with Crippen molar-refractivity contribution in [3.63, 3.8) is 0 Å². The summed E-state index contributed by atoms with van der Waals surface area (Å²) >= 11 is 7.52. The normalized spacial score (nSPS) is 12.1. The van der Waals surface area contributed by atoms with Crippen LogP contribution in [-0.2, 0) is 17.9 Å². The molecule has 27 heavy (non-hydrogen) atoms. The first-order valence-corrected chi connectivity index (χ1v) is 9.92. The predicted molar refractivity (Wildman–Crippen MR) is 107 cm³/mol. The van der Waals surface area contributed by atoms with Crippen molar-refractivity contribution in [3.05, 3.63) is 52.9 Å². The minimum Gasteiger partial charge on any atom is -0.469 e. The molecule has 2 heterocycles. The zero-order valence-electron chi connectivity index (χ0n) is 15.4. The third kappa shape index (κ3) is 4.36. The van der Waals surface area contributed by atoms with Crippen LogP contribution in [0.15, 0.2) is 46.2 Å². The molecule has 8 heteroatoms. The molecule has 3 rings (SSSR count). The molecular weight excluding hydrogens is 384 g/mol. The molecule has 0 aliphatic carbocycles. The van der Waals surface area contributed by atoms with Crippen LogP contribution in [-0.4, -0.2) is 25.9 Å². The van der Waals surface area contributed by atoms with E-state index in [0.29, 0.717) is 23.3 Å². The lowest BCUT2D eigenvalue weighted by Crippen LogP contribution is -2.30. The molecule has 0 spiro atoms. The summed E-state index contributed by atoms with van der Waals surface area (Å²) in [5.74, 6) is 1.46. The second-order valence-corrected chi connectivity index (χ2v) is 7.73. The van der Waals surface area contributed by atoms with E-state index >= 15 is 0 Å². The summed E-state index contributed by atoms with van der Waals surface area (Å²) in [6.07, 6.45) is 1.64. The van der Waals surface area contributed by atoms with Crippen molar-refractivity contribution in [1.29, 1.82) is 0 Å². The van der Waals surface area contributed by atoms with E-state index in [1.165, 1.54) is 11.8 Å². The summed E-state index contributed by atoms with van der Waals surface area (Å²) in [6, 6.07) is 9.34. The summed E-state index contributed by atoms with van der Waals surface area (Å²) in [5, 5.41) is 12.5. The molecule has 1 atom stereocenters. The lowest BCUT2D eigenvalue weighted by molar-refractivity contribution is -0.120. The molecule has 0 aliphatic heterocycles. The van der Waals surface area contributed by atoms with Crippen molar-refractivity contribution in [2.75, 3.05) is 0 Å². The van der Waals surface area contributed by atoms with Crippen molar-refractivity contribution >= 4 is 29.3 Å². The van der Waals surface area contributed by atoms with E-state index < -0.39 is 0 Å². The second-order valence-electron chi connectivity index (χ2n) is 6.01. The largest absolute Gasteiger partial charge is 0.469 e. The number of hydrogen-bond donors (Lipinski definition) is 1. The molecule has 2 aromatic heterocycles. The number of aromatic nitrogens is 3. The molecule has 1 aromatic carbocycles. The van der Waals surface area contributed by atoms with Crippen LogP contribution in [0.3, 0.4) is 0 Å². The number of halogens is 1. The Morgan fingerprint density at radius 3 is 2.78 bits per heavy atom. The van der Waals surface area contributed by atoms with Gasteiger partial charge in [0.2, 0.25) is 5.91 Å². The lowest BCUT2D eigenvalue weighted by atomic mass is 10.2. The molecule has 6 nitrogen and oxygen atoms in total. The minimum absolute atomic E-state index is 0.0772. The SMILES string of the molecule is CCn1c(S[C@H](C)C(=O)NCc2ccccc2Cl)nnc1-c1ccoc1C. The van der Waals surface area contributed by atoms with E-state index in [0.717, 1.165) is 22.7 Å². The highest BCUT2D eigenvalue weighted by molar-refractivity contribution is 8.00. The number of nitrogens with one attached hydrogen (secondary N) is 1. The van der Waals surface area contributed by atoms with Crippen molar-refractivity contribution in [3.8, 4) is 11.4 Å². The zero-order valence-corrected chi connectivity index (χ0v) is 17.0. The fraction of sp³-hybridized carbons (Fsp3) is 0.316. The number of rotatable bonds is 7. The summed E-state index contributed by atoms with van der Waals surface area (Å²) in [7, 11) is 0. The maximum absolute atomic E-state index is 12.5. The van der Waals surface area contributed by atoms with Crippen LogP contribution in [0.1, 0.15) is 25.2 Å². The third-order valence-corrected chi connectivity index (χ3v) is 5.64. The van der Waals surface area contributed by atoms with Gasteiger partial charge in [-0.25, -0.2) is 0 Å². The van der Waals surface area contributed by atoms with Gasteiger partial charge in [0.15, 0.2) is 11.0 Å². The van der Waals surface area contributed by atoms with Gasteiger partial charge in [-0.2, -0.15) is 0 Å². The summed E-state index contributed by atoms with van der Waals surface area (Å²) in [4.78, 5) is 12.5.